The summed E-state index contributed by atoms with van der Waals surface area (Å²) in [5.41, 5.74) is -1.75. The van der Waals surface area contributed by atoms with Gasteiger partial charge in [-0.2, -0.15) is 13.2 Å². The molecule has 0 saturated heterocycles. The number of halogens is 5. The number of aliphatic hydroxyl groups is 1. The van der Waals surface area contributed by atoms with Crippen molar-refractivity contribution in [3.8, 4) is 5.75 Å². The van der Waals surface area contributed by atoms with E-state index >= 15 is 0 Å². The normalized spacial score (nSPS) is 26.2. The molecule has 3 aliphatic carbocycles. The number of amides is 2. The Morgan fingerprint density at radius 3 is 2.44 bits per heavy atom. The summed E-state index contributed by atoms with van der Waals surface area (Å²) in [7, 11) is 0. The van der Waals surface area contributed by atoms with Gasteiger partial charge in [-0.05, 0) is 56.4 Å². The van der Waals surface area contributed by atoms with Crippen LogP contribution < -0.4 is 15.4 Å². The van der Waals surface area contributed by atoms with Gasteiger partial charge in [-0.1, -0.05) is 11.6 Å². The number of hydrogen-bond donors (Lipinski definition) is 3. The molecular weight excluding hydrogens is 484 g/mol. The number of carbonyl (C=O) groups is 2. The fourth-order valence-electron chi connectivity index (χ4n) is 4.61. The Kier molecular flexibility index (Phi) is 6.28. The molecule has 2 aromatic rings. The van der Waals surface area contributed by atoms with E-state index in [2.05, 4.69) is 15.1 Å². The Morgan fingerprint density at radius 2 is 1.85 bits per heavy atom. The molecule has 3 aliphatic rings. The second-order valence-electron chi connectivity index (χ2n) is 8.68. The Bertz CT molecular complexity index is 1100. The number of ether oxygens (including phenoxy) is 1. The highest BCUT2D eigenvalue weighted by atomic mass is 35.5. The molecule has 1 unspecified atom stereocenters. The molecule has 0 aliphatic heterocycles. The molecule has 12 heteroatoms. The molecule has 1 heterocycles. The standard InChI is InChI=1S/C22H21ClF4N2O5/c23-13-2-1-12(9-14(13)24)33-11-18(31)28-21-7-5-20(6-8-21,10-16(21)30)29-19(32)15-3-4-17(34-15)22(25,26)27/h1-4,9,16,30H,5-8,10-11H2,(H,28,31)(H,29,32). The molecule has 3 saturated carbocycles. The quantitative estimate of drug-likeness (QED) is 0.519. The first-order valence-corrected chi connectivity index (χ1v) is 10.9. The molecule has 1 atom stereocenters. The van der Waals surface area contributed by atoms with Gasteiger partial charge in [-0.3, -0.25) is 9.59 Å². The van der Waals surface area contributed by atoms with Crippen LogP contribution in [0.25, 0.3) is 0 Å². The van der Waals surface area contributed by atoms with E-state index < -0.39 is 59.1 Å². The Balaban J connectivity index is 1.34. The molecule has 0 radical (unpaired) electrons. The van der Waals surface area contributed by atoms with Gasteiger partial charge >= 0.3 is 6.18 Å². The number of alkyl halides is 3. The van der Waals surface area contributed by atoms with Gasteiger partial charge in [0.25, 0.3) is 11.8 Å². The number of rotatable bonds is 6. The van der Waals surface area contributed by atoms with Crippen molar-refractivity contribution in [1.82, 2.24) is 10.6 Å². The van der Waals surface area contributed by atoms with Crippen LogP contribution >= 0.6 is 11.6 Å². The Morgan fingerprint density at radius 1 is 1.15 bits per heavy atom. The van der Waals surface area contributed by atoms with E-state index in [1.807, 2.05) is 0 Å². The SMILES string of the molecule is O=C(COc1ccc(Cl)c(F)c1)NC12CCC(NC(=O)c3ccc(C(F)(F)F)o3)(CC1)CC2O. The third kappa shape index (κ3) is 4.85. The minimum atomic E-state index is -4.70. The summed E-state index contributed by atoms with van der Waals surface area (Å²) in [6, 6.07) is 5.41. The van der Waals surface area contributed by atoms with Crippen LogP contribution in [0.1, 0.15) is 48.4 Å². The molecule has 5 rings (SSSR count). The lowest BCUT2D eigenvalue weighted by Gasteiger charge is -2.56. The number of hydrogen-bond acceptors (Lipinski definition) is 5. The smallest absolute Gasteiger partial charge is 0.449 e. The van der Waals surface area contributed by atoms with Crippen molar-refractivity contribution in [2.75, 3.05) is 6.61 Å². The number of aliphatic hydroxyl groups excluding tert-OH is 1. The molecule has 1 aromatic carbocycles. The van der Waals surface area contributed by atoms with Crippen LogP contribution in [-0.4, -0.2) is 40.7 Å². The van der Waals surface area contributed by atoms with Gasteiger partial charge in [0.05, 0.1) is 16.7 Å². The lowest BCUT2D eigenvalue weighted by atomic mass is 9.60. The summed E-state index contributed by atoms with van der Waals surface area (Å²) in [4.78, 5) is 24.9. The van der Waals surface area contributed by atoms with Crippen molar-refractivity contribution in [3.63, 3.8) is 0 Å². The summed E-state index contributed by atoms with van der Waals surface area (Å²) in [6.07, 6.45) is -4.14. The zero-order valence-electron chi connectivity index (χ0n) is 17.7. The predicted molar refractivity (Wildman–Crippen MR) is 111 cm³/mol. The molecule has 7 nitrogen and oxygen atoms in total. The van der Waals surface area contributed by atoms with Gasteiger partial charge in [-0.15, -0.1) is 0 Å². The van der Waals surface area contributed by atoms with Crippen LogP contribution in [0.4, 0.5) is 17.6 Å². The zero-order valence-corrected chi connectivity index (χ0v) is 18.4. The first kappa shape index (κ1) is 24.3. The molecule has 2 bridgehead atoms. The third-order valence-corrected chi connectivity index (χ3v) is 6.77. The number of carbonyl (C=O) groups excluding carboxylic acids is 2. The minimum Gasteiger partial charge on any atom is -0.484 e. The van der Waals surface area contributed by atoms with Crippen LogP contribution in [0, 0.1) is 5.82 Å². The van der Waals surface area contributed by atoms with Gasteiger partial charge in [0, 0.05) is 11.6 Å². The number of benzene rings is 1. The van der Waals surface area contributed by atoms with E-state index in [0.29, 0.717) is 31.7 Å². The minimum absolute atomic E-state index is 0.0772. The lowest BCUT2D eigenvalue weighted by molar-refractivity contribution is -0.153. The largest absolute Gasteiger partial charge is 0.484 e. The van der Waals surface area contributed by atoms with E-state index in [0.717, 1.165) is 12.1 Å². The molecule has 0 spiro atoms. The first-order valence-electron chi connectivity index (χ1n) is 10.5. The maximum Gasteiger partial charge on any atom is 0.449 e. The van der Waals surface area contributed by atoms with Gasteiger partial charge in [0.15, 0.2) is 12.4 Å². The number of fused-ring (bicyclic) bond motifs is 3. The number of nitrogens with one attached hydrogen (secondary N) is 2. The summed E-state index contributed by atoms with van der Waals surface area (Å²) in [5, 5.41) is 16.2. The highest BCUT2D eigenvalue weighted by Crippen LogP contribution is 2.47. The Hall–Kier alpha value is -2.79. The zero-order chi connectivity index (χ0) is 24.7. The van der Waals surface area contributed by atoms with E-state index in [-0.39, 0.29) is 17.2 Å². The van der Waals surface area contributed by atoms with E-state index in [9.17, 15) is 32.3 Å². The van der Waals surface area contributed by atoms with Crippen molar-refractivity contribution in [2.24, 2.45) is 0 Å². The second-order valence-corrected chi connectivity index (χ2v) is 9.09. The second kappa shape index (κ2) is 8.77. The van der Waals surface area contributed by atoms with Crippen molar-refractivity contribution < 1.29 is 41.4 Å². The summed E-state index contributed by atoms with van der Waals surface area (Å²) >= 11 is 5.61. The van der Waals surface area contributed by atoms with Crippen LogP contribution in [0.2, 0.25) is 5.02 Å². The van der Waals surface area contributed by atoms with Gasteiger partial charge < -0.3 is 24.9 Å². The molecule has 34 heavy (non-hydrogen) atoms. The van der Waals surface area contributed by atoms with Gasteiger partial charge in [-0.25, -0.2) is 4.39 Å². The van der Waals surface area contributed by atoms with E-state index in [1.54, 1.807) is 0 Å². The fourth-order valence-corrected chi connectivity index (χ4v) is 4.72. The Labute approximate surface area is 196 Å². The van der Waals surface area contributed by atoms with Crippen LogP contribution in [0.3, 0.4) is 0 Å². The highest BCUT2D eigenvalue weighted by molar-refractivity contribution is 6.30. The average Bonchev–Trinajstić information content (AvgIpc) is 3.27. The topological polar surface area (TPSA) is 101 Å². The molecule has 3 N–H and O–H groups in total. The van der Waals surface area contributed by atoms with Crippen molar-refractivity contribution in [2.45, 2.75) is 55.5 Å². The molecule has 184 valence electrons. The highest BCUT2D eigenvalue weighted by Gasteiger charge is 2.55. The van der Waals surface area contributed by atoms with Crippen molar-refractivity contribution in [3.05, 3.63) is 52.7 Å². The van der Waals surface area contributed by atoms with Crippen molar-refractivity contribution >= 4 is 23.4 Å². The van der Waals surface area contributed by atoms with Gasteiger partial charge in [0.2, 0.25) is 5.76 Å². The maximum atomic E-state index is 13.5. The summed E-state index contributed by atoms with van der Waals surface area (Å²) < 4.78 is 61.6. The van der Waals surface area contributed by atoms with E-state index in [1.165, 1.54) is 12.1 Å². The number of furan rings is 1. The monoisotopic (exact) mass is 504 g/mol. The molecule has 1 aromatic heterocycles. The van der Waals surface area contributed by atoms with Crippen LogP contribution in [-0.2, 0) is 11.0 Å². The molecule has 3 fully saturated rings. The fraction of sp³-hybridized carbons (Fsp3) is 0.455. The predicted octanol–water partition coefficient (Wildman–Crippen LogP) is 3.83. The van der Waals surface area contributed by atoms with Crippen LogP contribution in [0.5, 0.6) is 5.75 Å². The third-order valence-electron chi connectivity index (χ3n) is 6.46. The average molecular weight is 505 g/mol. The first-order chi connectivity index (χ1) is 15.9. The van der Waals surface area contributed by atoms with Crippen molar-refractivity contribution in [1.29, 1.82) is 0 Å². The van der Waals surface area contributed by atoms with E-state index in [4.69, 9.17) is 16.3 Å². The summed E-state index contributed by atoms with van der Waals surface area (Å²) in [6.45, 7) is -0.405. The maximum absolute atomic E-state index is 13.5. The molecule has 2 amide bonds. The molecular formula is C22H21ClF4N2O5. The van der Waals surface area contributed by atoms with Crippen LogP contribution in [0.15, 0.2) is 34.7 Å². The van der Waals surface area contributed by atoms with Gasteiger partial charge in [0.1, 0.15) is 11.6 Å². The lowest BCUT2D eigenvalue weighted by Crippen LogP contribution is -2.70. The summed E-state index contributed by atoms with van der Waals surface area (Å²) in [5.74, 6) is -3.62.